The number of amides is 1. The predicted octanol–water partition coefficient (Wildman–Crippen LogP) is 23.4. The lowest BCUT2D eigenvalue weighted by atomic mass is 9.77. The number of hydrogen-bond donors (Lipinski definition) is 4. The van der Waals surface area contributed by atoms with Crippen LogP contribution in [-0.4, -0.2) is 137 Å². The van der Waals surface area contributed by atoms with Gasteiger partial charge in [-0.1, -0.05) is 130 Å². The van der Waals surface area contributed by atoms with Crippen molar-refractivity contribution in [2.45, 2.75) is 144 Å². The second-order valence-corrected chi connectivity index (χ2v) is 42.6. The molecule has 5 aliphatic heterocycles. The highest BCUT2D eigenvalue weighted by Gasteiger charge is 2.53. The summed E-state index contributed by atoms with van der Waals surface area (Å²) in [6.07, 6.45) is 7.44. The van der Waals surface area contributed by atoms with Gasteiger partial charge >= 0.3 is 26.7 Å². The van der Waals surface area contributed by atoms with Crippen molar-refractivity contribution in [3.8, 4) is 59.3 Å². The molecule has 16 rings (SSSR count). The predicted molar refractivity (Wildman–Crippen MR) is 495 cm³/mol. The van der Waals surface area contributed by atoms with Crippen LogP contribution in [0.1, 0.15) is 165 Å². The molecule has 118 heavy (non-hydrogen) atoms. The second-order valence-electron chi connectivity index (χ2n) is 34.6. The number of halogens is 6. The molecule has 0 bridgehead atoms. The van der Waals surface area contributed by atoms with Gasteiger partial charge in [-0.3, -0.25) is 24.7 Å². The number of thiophene rings is 4. The third-order valence-corrected chi connectivity index (χ3v) is 27.1. The fourth-order valence-electron chi connectivity index (χ4n) is 12.3. The quantitative estimate of drug-likeness (QED) is 0.0884. The average molecular weight is 1920 g/mol. The maximum Gasteiger partial charge on any atom is 0.569 e. The number of carboxylic acid groups (broad SMARTS) is 2. The van der Waals surface area contributed by atoms with E-state index in [0.29, 0.717) is 28.7 Å². The first-order valence-electron chi connectivity index (χ1n) is 38.0. The van der Waals surface area contributed by atoms with E-state index in [1.54, 1.807) is 63.5 Å². The molecule has 8 aromatic heterocycles. The Labute approximate surface area is 749 Å². The Hall–Kier alpha value is -6.53. The third kappa shape index (κ3) is 24.7. The number of hydrogen-bond acceptors (Lipinski definition) is 18. The number of benzene rings is 3. The number of pyridine rings is 4. The lowest BCUT2D eigenvalue weighted by Crippen LogP contribution is -2.67. The summed E-state index contributed by atoms with van der Waals surface area (Å²) in [5, 5.41) is 38.6. The molecule has 29 heteroatoms. The summed E-state index contributed by atoms with van der Waals surface area (Å²) in [6.45, 7) is 41.7. The monoisotopic (exact) mass is 1920 g/mol. The van der Waals surface area contributed by atoms with E-state index in [4.69, 9.17) is 68.8 Å². The number of carbonyl (C=O) groups excluding carboxylic acids is 1. The summed E-state index contributed by atoms with van der Waals surface area (Å²) >= 11 is 35.4. The van der Waals surface area contributed by atoms with Gasteiger partial charge < -0.3 is 48.9 Å². The van der Waals surface area contributed by atoms with E-state index in [1.165, 1.54) is 56.5 Å². The molecule has 3 aromatic carbocycles. The zero-order valence-corrected chi connectivity index (χ0v) is 79.1. The minimum absolute atomic E-state index is 0.00351. The van der Waals surface area contributed by atoms with Crippen molar-refractivity contribution in [3.63, 3.8) is 0 Å². The molecule has 5 aliphatic rings. The summed E-state index contributed by atoms with van der Waals surface area (Å²) in [5.74, 6) is -1.80. The first-order valence-corrected chi connectivity index (χ1v) is 45.0. The molecule has 621 valence electrons. The summed E-state index contributed by atoms with van der Waals surface area (Å²) in [5.41, 5.74) is 13.9. The van der Waals surface area contributed by atoms with E-state index >= 15 is 0 Å². The maximum atomic E-state index is 12.8. The normalized spacial score (nSPS) is 15.7. The zero-order chi connectivity index (χ0) is 86.1. The number of carboxylic acids is 2. The number of likely N-dealkylation sites (tertiary alicyclic amines) is 1. The minimum Gasteiger partial charge on any atom is -0.536 e. The Bertz CT molecular complexity index is 5280. The van der Waals surface area contributed by atoms with Crippen LogP contribution in [0.4, 0.5) is 0 Å². The average Bonchev–Trinajstić information content (AvgIpc) is 1.28. The van der Waals surface area contributed by atoms with E-state index in [2.05, 4.69) is 248 Å². The SMILES string of the molecule is Brc1csc(Br)c1.C1NCC12COC2.CC(C)(C)c1cc(-c2cc(-c3ccc(C(=O)N4CC5(COC5)C4)cc3Cl)cs2)ccn1.CC(C)(C)c1cc(-c2cc(-c3ccc(C(=O)O)cc3Cl)cs2)ccn1.CC(C)(C)c1cc(-c2cc(Br)cs2)ccn1.CC(C)(C)c1cc(B2OC(C)(C)C(C)(C)O2)ccn1.O=C(O)c1ccc(O[B]O)c(Cl)c1. The first-order chi connectivity index (χ1) is 55.3. The summed E-state index contributed by atoms with van der Waals surface area (Å²) < 4.78 is 30.5. The standard InChI is InChI=1S/C25H25ClN2O2S.C20H18ClNO2S.C15H24BNO2.C13H14BrNS.C7H5BClO4.C5H9NO.C4H2Br2S/c1-24(2,3)22-10-16(6-7-27-22)21-9-18(11-31-21)19-5-4-17(8-20(19)26)23(29)28-12-25(13-28)14-30-15-25;1-20(2,3)18-10-12(6-7-22-18)17-9-14(11-25-17)15-5-4-13(19(23)24)8-16(15)21;1-13(2,3)12-10-11(8-9-17-12)16-18-14(4,5)15(6,7)19-16;1-13(2,3)12-6-9(4-5-15-12)11-7-10(14)8-16-11;9-5-3-4(7(10)11)1-2-6(5)13-8-12;1-5(2-6-1)3-7-4-5;5-3-1-4(6)7-2-3/h4-11H,12-15H2,1-3H3;4-11H,1-3H3,(H,23,24);8-10H,1-7H3;4-8H,1-3H3;1-3,12H,(H,10,11);6H,1-4H2;1-2H. The Morgan fingerprint density at radius 2 is 0.873 bits per heavy atom. The number of nitrogens with zero attached hydrogens (tertiary/aromatic N) is 5. The lowest BCUT2D eigenvalue weighted by molar-refractivity contribution is -0.176. The summed E-state index contributed by atoms with van der Waals surface area (Å²) in [6, 6.07) is 39.4. The van der Waals surface area contributed by atoms with Crippen molar-refractivity contribution >= 4 is 166 Å². The van der Waals surface area contributed by atoms with Crippen LogP contribution in [0.25, 0.3) is 53.6 Å². The topological polar surface area (TPSA) is 225 Å². The van der Waals surface area contributed by atoms with Crippen molar-refractivity contribution in [2.75, 3.05) is 52.6 Å². The molecule has 5 fully saturated rings. The van der Waals surface area contributed by atoms with Crippen molar-refractivity contribution in [1.29, 1.82) is 0 Å². The summed E-state index contributed by atoms with van der Waals surface area (Å²) in [7, 11) is 0.163. The summed E-state index contributed by atoms with van der Waals surface area (Å²) in [4.78, 5) is 57.6. The molecule has 1 radical (unpaired) electrons. The van der Waals surface area contributed by atoms with E-state index in [-0.39, 0.29) is 73.2 Å². The maximum absolute atomic E-state index is 12.8. The Kier molecular flexibility index (Phi) is 31.2. The molecule has 1 amide bonds. The highest BCUT2D eigenvalue weighted by molar-refractivity contribution is 9.11. The van der Waals surface area contributed by atoms with Gasteiger partial charge in [0.15, 0.2) is 0 Å². The largest absolute Gasteiger partial charge is 0.569 e. The molecule has 0 unspecified atom stereocenters. The molecule has 2 spiro atoms. The van der Waals surface area contributed by atoms with Gasteiger partial charge in [0.25, 0.3) is 5.91 Å². The smallest absolute Gasteiger partial charge is 0.536 e. The molecule has 13 heterocycles. The van der Waals surface area contributed by atoms with Crippen LogP contribution < -0.4 is 15.4 Å². The van der Waals surface area contributed by atoms with Gasteiger partial charge in [-0.25, -0.2) is 9.59 Å². The Morgan fingerprint density at radius 1 is 0.483 bits per heavy atom. The number of carbonyl (C=O) groups is 3. The second kappa shape index (κ2) is 39.3. The van der Waals surface area contributed by atoms with Crippen LogP contribution in [-0.2, 0) is 40.4 Å². The van der Waals surface area contributed by atoms with Gasteiger partial charge in [-0.2, -0.15) is 0 Å². The molecule has 5 saturated heterocycles. The van der Waals surface area contributed by atoms with Gasteiger partial charge in [0.2, 0.25) is 0 Å². The first kappa shape index (κ1) is 93.7. The van der Waals surface area contributed by atoms with Crippen molar-refractivity contribution in [2.24, 2.45) is 10.8 Å². The van der Waals surface area contributed by atoms with E-state index < -0.39 is 11.9 Å². The molecule has 4 N–H and O–H groups in total. The molecule has 17 nitrogen and oxygen atoms in total. The fourth-order valence-corrected chi connectivity index (χ4v) is 18.3. The van der Waals surface area contributed by atoms with Gasteiger partial charge in [-0.15, -0.1) is 45.3 Å². The number of nitrogens with one attached hydrogen (secondary N) is 1. The van der Waals surface area contributed by atoms with Crippen LogP contribution in [0.3, 0.4) is 0 Å². The van der Waals surface area contributed by atoms with E-state index in [0.717, 1.165) is 115 Å². The van der Waals surface area contributed by atoms with Crippen LogP contribution in [0, 0.1) is 10.8 Å². The third-order valence-electron chi connectivity index (χ3n) is 20.2. The van der Waals surface area contributed by atoms with Gasteiger partial charge in [0.05, 0.1) is 63.0 Å². The number of ether oxygens (including phenoxy) is 2. The molecule has 0 saturated carbocycles. The van der Waals surface area contributed by atoms with Gasteiger partial charge in [0.1, 0.15) is 5.75 Å². The van der Waals surface area contributed by atoms with Crippen LogP contribution in [0.15, 0.2) is 186 Å². The Morgan fingerprint density at radius 3 is 1.21 bits per heavy atom. The molecular weight excluding hydrogens is 1820 g/mol. The molecule has 0 atom stereocenters. The fraction of sp³-hybridized carbons (Fsp3) is 0.360. The van der Waals surface area contributed by atoms with E-state index in [9.17, 15) is 14.4 Å². The number of aromatic carboxylic acids is 2. The highest BCUT2D eigenvalue weighted by atomic mass is 79.9. The van der Waals surface area contributed by atoms with E-state index in [1.807, 2.05) is 76.8 Å². The molecule has 0 aliphatic carbocycles. The molecule has 11 aromatic rings. The highest BCUT2D eigenvalue weighted by Crippen LogP contribution is 2.43. The van der Waals surface area contributed by atoms with Gasteiger partial charge in [0, 0.05) is 162 Å². The number of rotatable bonds is 11. The number of aromatic nitrogens is 4. The zero-order valence-electron chi connectivity index (χ0n) is 68.8. The minimum atomic E-state index is -1.07. The van der Waals surface area contributed by atoms with Crippen molar-refractivity contribution < 1.29 is 53.1 Å². The van der Waals surface area contributed by atoms with Gasteiger partial charge in [-0.05, 0) is 235 Å². The Balaban J connectivity index is 0.000000152. The van der Waals surface area contributed by atoms with Crippen LogP contribution in [0.5, 0.6) is 5.75 Å². The van der Waals surface area contributed by atoms with Crippen LogP contribution >= 0.6 is 128 Å². The molecular formula is C89H97B2Br3Cl3N6O11S4. The van der Waals surface area contributed by atoms with Crippen LogP contribution in [0.2, 0.25) is 15.1 Å². The lowest BCUT2D eigenvalue weighted by Gasteiger charge is -2.54. The van der Waals surface area contributed by atoms with Crippen molar-refractivity contribution in [3.05, 3.63) is 241 Å². The van der Waals surface area contributed by atoms with Crippen molar-refractivity contribution in [1.82, 2.24) is 30.2 Å².